The molecule has 3 aliphatic heterocycles. The summed E-state index contributed by atoms with van der Waals surface area (Å²) in [4.78, 5) is 7.68. The molecule has 4 heterocycles. The molecule has 110 valence electrons. The van der Waals surface area contributed by atoms with E-state index in [4.69, 9.17) is 4.98 Å². The van der Waals surface area contributed by atoms with Crippen LogP contribution in [0.4, 0.5) is 0 Å². The lowest BCUT2D eigenvalue weighted by molar-refractivity contribution is 0.00169. The first-order valence-corrected chi connectivity index (χ1v) is 9.01. The van der Waals surface area contributed by atoms with Gasteiger partial charge in [0, 0.05) is 18.0 Å². The number of piperidine rings is 3. The number of hydrogen-bond acceptors (Lipinski definition) is 4. The quantitative estimate of drug-likeness (QED) is 0.924. The molecule has 4 fully saturated rings. The predicted molar refractivity (Wildman–Crippen MR) is 83.2 cm³/mol. The van der Waals surface area contributed by atoms with Crippen LogP contribution in [-0.4, -0.2) is 35.6 Å². The number of rotatable bonds is 4. The van der Waals surface area contributed by atoms with Gasteiger partial charge in [0.15, 0.2) is 0 Å². The van der Waals surface area contributed by atoms with Crippen LogP contribution in [0.15, 0.2) is 5.38 Å². The second-order valence-corrected chi connectivity index (χ2v) is 8.03. The van der Waals surface area contributed by atoms with Gasteiger partial charge in [-0.05, 0) is 50.6 Å². The highest BCUT2D eigenvalue weighted by Gasteiger charge is 2.51. The third-order valence-corrected chi connectivity index (χ3v) is 6.33. The summed E-state index contributed by atoms with van der Waals surface area (Å²) in [5.74, 6) is 1.33. The number of thiazole rings is 1. The van der Waals surface area contributed by atoms with Crippen LogP contribution in [-0.2, 0) is 5.54 Å². The third kappa shape index (κ3) is 2.13. The molecule has 3 nitrogen and oxygen atoms in total. The zero-order valence-electron chi connectivity index (χ0n) is 12.6. The molecule has 1 aliphatic carbocycles. The lowest BCUT2D eigenvalue weighted by Crippen LogP contribution is -2.64. The molecule has 4 heteroatoms. The van der Waals surface area contributed by atoms with Gasteiger partial charge in [-0.1, -0.05) is 13.8 Å². The molecule has 1 N–H and O–H groups in total. The van der Waals surface area contributed by atoms with Crippen LogP contribution in [0.3, 0.4) is 0 Å². The molecule has 0 radical (unpaired) electrons. The fourth-order valence-electron chi connectivity index (χ4n) is 3.88. The number of aromatic nitrogens is 1. The summed E-state index contributed by atoms with van der Waals surface area (Å²) in [6, 6.07) is 0.752. The maximum absolute atomic E-state index is 5.03. The standard InChI is InChI=1S/C16H25N3S/c1-11(2)14-9-20-15(17-14)16(18-13-3-4-13)10-19-7-5-12(16)6-8-19/h9,11-13,18H,3-8,10H2,1-2H3. The van der Waals surface area contributed by atoms with Gasteiger partial charge < -0.3 is 10.2 Å². The van der Waals surface area contributed by atoms with E-state index in [1.54, 1.807) is 0 Å². The Morgan fingerprint density at radius 2 is 2.05 bits per heavy atom. The smallest absolute Gasteiger partial charge is 0.115 e. The number of fused-ring (bicyclic) bond motifs is 3. The average molecular weight is 291 g/mol. The molecule has 0 aromatic carbocycles. The van der Waals surface area contributed by atoms with Gasteiger partial charge in [-0.3, -0.25) is 0 Å². The lowest BCUT2D eigenvalue weighted by atomic mass is 9.73. The van der Waals surface area contributed by atoms with Crippen molar-refractivity contribution in [3.05, 3.63) is 16.1 Å². The lowest BCUT2D eigenvalue weighted by Gasteiger charge is -2.53. The molecule has 0 spiro atoms. The Hall–Kier alpha value is -0.450. The molecule has 3 saturated heterocycles. The normalized spacial score (nSPS) is 36.8. The Morgan fingerprint density at radius 1 is 1.30 bits per heavy atom. The van der Waals surface area contributed by atoms with Gasteiger partial charge in [0.2, 0.25) is 0 Å². The van der Waals surface area contributed by atoms with Crippen molar-refractivity contribution in [3.63, 3.8) is 0 Å². The van der Waals surface area contributed by atoms with Crippen LogP contribution in [0.1, 0.15) is 56.2 Å². The van der Waals surface area contributed by atoms with Crippen molar-refractivity contribution in [2.45, 2.75) is 57.0 Å². The van der Waals surface area contributed by atoms with Gasteiger partial charge in [-0.2, -0.15) is 0 Å². The summed E-state index contributed by atoms with van der Waals surface area (Å²) in [6.07, 6.45) is 5.40. The molecule has 1 aromatic rings. The van der Waals surface area contributed by atoms with Crippen LogP contribution >= 0.6 is 11.3 Å². The minimum Gasteiger partial charge on any atom is -0.301 e. The maximum atomic E-state index is 5.03. The molecule has 4 aliphatic rings. The molecule has 0 amide bonds. The van der Waals surface area contributed by atoms with Crippen LogP contribution in [0.25, 0.3) is 0 Å². The minimum atomic E-state index is 0.162. The summed E-state index contributed by atoms with van der Waals surface area (Å²) >= 11 is 1.89. The highest BCUT2D eigenvalue weighted by Crippen LogP contribution is 2.45. The van der Waals surface area contributed by atoms with Crippen molar-refractivity contribution < 1.29 is 0 Å². The van der Waals surface area contributed by atoms with E-state index >= 15 is 0 Å². The first-order chi connectivity index (χ1) is 9.67. The number of nitrogens with zero attached hydrogens (tertiary/aromatic N) is 2. The van der Waals surface area contributed by atoms with Crippen molar-refractivity contribution in [1.29, 1.82) is 0 Å². The van der Waals surface area contributed by atoms with Crippen LogP contribution in [0, 0.1) is 5.92 Å². The first-order valence-electron chi connectivity index (χ1n) is 8.13. The van der Waals surface area contributed by atoms with Crippen molar-refractivity contribution >= 4 is 11.3 Å². The summed E-state index contributed by atoms with van der Waals surface area (Å²) < 4.78 is 0. The molecule has 2 bridgehead atoms. The topological polar surface area (TPSA) is 28.2 Å². The van der Waals surface area contributed by atoms with E-state index in [1.807, 2.05) is 11.3 Å². The van der Waals surface area contributed by atoms with Gasteiger partial charge in [-0.15, -0.1) is 11.3 Å². The van der Waals surface area contributed by atoms with Gasteiger partial charge in [-0.25, -0.2) is 4.98 Å². The van der Waals surface area contributed by atoms with E-state index in [0.29, 0.717) is 5.92 Å². The molecule has 1 atom stereocenters. The molecule has 5 rings (SSSR count). The van der Waals surface area contributed by atoms with Crippen molar-refractivity contribution in [2.24, 2.45) is 5.92 Å². The Balaban J connectivity index is 1.70. The third-order valence-electron chi connectivity index (χ3n) is 5.29. The second-order valence-electron chi connectivity index (χ2n) is 7.17. The van der Waals surface area contributed by atoms with Gasteiger partial charge in [0.05, 0.1) is 11.2 Å². The largest absolute Gasteiger partial charge is 0.301 e. The molecular weight excluding hydrogens is 266 g/mol. The maximum Gasteiger partial charge on any atom is 0.115 e. The Morgan fingerprint density at radius 3 is 2.55 bits per heavy atom. The molecular formula is C16H25N3S. The average Bonchev–Trinajstić information content (AvgIpc) is 3.11. The number of nitrogens with one attached hydrogen (secondary N) is 1. The molecule has 20 heavy (non-hydrogen) atoms. The van der Waals surface area contributed by atoms with E-state index < -0.39 is 0 Å². The summed E-state index contributed by atoms with van der Waals surface area (Å²) in [5.41, 5.74) is 1.44. The van der Waals surface area contributed by atoms with Crippen LogP contribution in [0.5, 0.6) is 0 Å². The monoisotopic (exact) mass is 291 g/mol. The Bertz CT molecular complexity index is 482. The zero-order valence-corrected chi connectivity index (χ0v) is 13.4. The van der Waals surface area contributed by atoms with Crippen LogP contribution in [0.2, 0.25) is 0 Å². The minimum absolute atomic E-state index is 0.162. The Labute approximate surface area is 125 Å². The van der Waals surface area contributed by atoms with E-state index in [-0.39, 0.29) is 5.54 Å². The summed E-state index contributed by atoms with van der Waals surface area (Å²) in [5, 5.41) is 7.66. The van der Waals surface area contributed by atoms with Crippen molar-refractivity contribution in [3.8, 4) is 0 Å². The predicted octanol–water partition coefficient (Wildman–Crippen LogP) is 2.94. The fourth-order valence-corrected chi connectivity index (χ4v) is 5.10. The summed E-state index contributed by atoms with van der Waals surface area (Å²) in [6.45, 7) is 8.26. The van der Waals surface area contributed by atoms with E-state index in [1.165, 1.54) is 56.0 Å². The summed E-state index contributed by atoms with van der Waals surface area (Å²) in [7, 11) is 0. The molecule has 1 unspecified atom stereocenters. The van der Waals surface area contributed by atoms with Crippen molar-refractivity contribution in [1.82, 2.24) is 15.2 Å². The van der Waals surface area contributed by atoms with Gasteiger partial charge >= 0.3 is 0 Å². The second kappa shape index (κ2) is 4.79. The highest BCUT2D eigenvalue weighted by molar-refractivity contribution is 7.09. The van der Waals surface area contributed by atoms with E-state index in [2.05, 4.69) is 29.4 Å². The number of hydrogen-bond donors (Lipinski definition) is 1. The van der Waals surface area contributed by atoms with Crippen molar-refractivity contribution in [2.75, 3.05) is 19.6 Å². The van der Waals surface area contributed by atoms with Gasteiger partial charge in [0.25, 0.3) is 0 Å². The Kier molecular flexibility index (Phi) is 3.17. The molecule has 1 aromatic heterocycles. The highest BCUT2D eigenvalue weighted by atomic mass is 32.1. The zero-order chi connectivity index (χ0) is 13.7. The van der Waals surface area contributed by atoms with E-state index in [9.17, 15) is 0 Å². The first kappa shape index (κ1) is 13.2. The SMILES string of the molecule is CC(C)c1csc(C2(NC3CC3)CN3CCC2CC3)n1. The fraction of sp³-hybridized carbons (Fsp3) is 0.812. The van der Waals surface area contributed by atoms with Crippen LogP contribution < -0.4 is 5.32 Å². The van der Waals surface area contributed by atoms with Gasteiger partial charge in [0.1, 0.15) is 5.01 Å². The molecule has 1 saturated carbocycles. The van der Waals surface area contributed by atoms with E-state index in [0.717, 1.165) is 12.0 Å².